The van der Waals surface area contributed by atoms with E-state index in [2.05, 4.69) is 5.10 Å². The van der Waals surface area contributed by atoms with Crippen LogP contribution in [0.15, 0.2) is 52.6 Å². The minimum Gasteiger partial charge on any atom is -0.453 e. The number of ether oxygens (including phenoxy) is 1. The van der Waals surface area contributed by atoms with Crippen LogP contribution in [-0.4, -0.2) is 18.0 Å². The molecule has 1 aliphatic rings. The lowest BCUT2D eigenvalue weighted by molar-refractivity contribution is -0.104. The molecule has 0 spiro atoms. The van der Waals surface area contributed by atoms with Crippen LogP contribution in [0.4, 0.5) is 13.6 Å². The van der Waals surface area contributed by atoms with Crippen molar-refractivity contribution in [1.29, 1.82) is 0 Å². The third kappa shape index (κ3) is 3.54. The SMILES string of the molecule is NC(=O)NN=C1CC=C(C=O)C(Oc2ccc(F)cc2)=C1F. The molecule has 0 radical (unpaired) electrons. The molecular formula is C14H11F2N3O3. The van der Waals surface area contributed by atoms with Crippen LogP contribution in [0.3, 0.4) is 0 Å². The minimum atomic E-state index is -0.952. The average Bonchev–Trinajstić information content (AvgIpc) is 2.50. The van der Waals surface area contributed by atoms with Gasteiger partial charge in [-0.3, -0.25) is 4.79 Å². The van der Waals surface area contributed by atoms with Crippen LogP contribution in [0.5, 0.6) is 5.75 Å². The first-order chi connectivity index (χ1) is 10.5. The summed E-state index contributed by atoms with van der Waals surface area (Å²) in [6, 6.07) is 3.87. The number of primary amides is 1. The second-order valence-electron chi connectivity index (χ2n) is 4.22. The molecule has 1 aliphatic carbocycles. The zero-order chi connectivity index (χ0) is 16.1. The molecule has 0 bridgehead atoms. The van der Waals surface area contributed by atoms with E-state index in [-0.39, 0.29) is 29.2 Å². The molecule has 2 amide bonds. The van der Waals surface area contributed by atoms with Crippen LogP contribution in [-0.2, 0) is 4.79 Å². The van der Waals surface area contributed by atoms with Crippen molar-refractivity contribution in [1.82, 2.24) is 5.43 Å². The van der Waals surface area contributed by atoms with Gasteiger partial charge in [0, 0.05) is 6.42 Å². The van der Waals surface area contributed by atoms with Crippen molar-refractivity contribution in [3.63, 3.8) is 0 Å². The van der Waals surface area contributed by atoms with Gasteiger partial charge in [0.15, 0.2) is 17.9 Å². The summed E-state index contributed by atoms with van der Waals surface area (Å²) in [5.74, 6) is -1.62. The van der Waals surface area contributed by atoms with Gasteiger partial charge in [-0.25, -0.2) is 19.0 Å². The van der Waals surface area contributed by atoms with Crippen molar-refractivity contribution in [2.24, 2.45) is 10.8 Å². The number of nitrogens with one attached hydrogen (secondary N) is 1. The maximum Gasteiger partial charge on any atom is 0.332 e. The summed E-state index contributed by atoms with van der Waals surface area (Å²) in [6.07, 6.45) is 1.80. The van der Waals surface area contributed by atoms with Crippen molar-refractivity contribution >= 4 is 18.0 Å². The maximum absolute atomic E-state index is 14.3. The van der Waals surface area contributed by atoms with Crippen LogP contribution >= 0.6 is 0 Å². The van der Waals surface area contributed by atoms with E-state index in [1.807, 2.05) is 5.43 Å². The fourth-order valence-electron chi connectivity index (χ4n) is 1.69. The van der Waals surface area contributed by atoms with Gasteiger partial charge in [0.05, 0.1) is 5.57 Å². The Balaban J connectivity index is 2.33. The summed E-state index contributed by atoms with van der Waals surface area (Å²) in [4.78, 5) is 21.6. The molecule has 3 N–H and O–H groups in total. The second kappa shape index (κ2) is 6.61. The van der Waals surface area contributed by atoms with Crippen molar-refractivity contribution < 1.29 is 23.1 Å². The van der Waals surface area contributed by atoms with E-state index in [1.54, 1.807) is 0 Å². The van der Waals surface area contributed by atoms with Gasteiger partial charge in [-0.1, -0.05) is 6.08 Å². The zero-order valence-electron chi connectivity index (χ0n) is 11.2. The molecule has 22 heavy (non-hydrogen) atoms. The fourth-order valence-corrected chi connectivity index (χ4v) is 1.69. The maximum atomic E-state index is 14.3. The molecule has 8 heteroatoms. The van der Waals surface area contributed by atoms with Gasteiger partial charge in [0.1, 0.15) is 17.3 Å². The normalized spacial score (nSPS) is 16.3. The number of halogens is 2. The number of nitrogens with two attached hydrogens (primary N) is 1. The molecule has 0 atom stereocenters. The van der Waals surface area contributed by atoms with E-state index < -0.39 is 17.7 Å². The van der Waals surface area contributed by atoms with E-state index >= 15 is 0 Å². The highest BCUT2D eigenvalue weighted by atomic mass is 19.1. The summed E-state index contributed by atoms with van der Waals surface area (Å²) in [5.41, 5.74) is 6.58. The van der Waals surface area contributed by atoms with Gasteiger partial charge in [-0.05, 0) is 24.3 Å². The highest BCUT2D eigenvalue weighted by Crippen LogP contribution is 2.27. The minimum absolute atomic E-state index is 0.0140. The molecule has 114 valence electrons. The number of hydrogen-bond donors (Lipinski definition) is 2. The molecule has 0 heterocycles. The highest BCUT2D eigenvalue weighted by molar-refractivity contribution is 6.04. The van der Waals surface area contributed by atoms with Crippen molar-refractivity contribution in [2.75, 3.05) is 0 Å². The summed E-state index contributed by atoms with van der Waals surface area (Å²) >= 11 is 0. The van der Waals surface area contributed by atoms with Gasteiger partial charge >= 0.3 is 6.03 Å². The summed E-state index contributed by atoms with van der Waals surface area (Å²) in [6.45, 7) is 0. The Morgan fingerprint density at radius 1 is 1.32 bits per heavy atom. The van der Waals surface area contributed by atoms with E-state index in [4.69, 9.17) is 10.5 Å². The topological polar surface area (TPSA) is 93.8 Å². The monoisotopic (exact) mass is 307 g/mol. The average molecular weight is 307 g/mol. The predicted octanol–water partition coefficient (Wildman–Crippen LogP) is 1.94. The highest BCUT2D eigenvalue weighted by Gasteiger charge is 2.24. The first-order valence-corrected chi connectivity index (χ1v) is 6.12. The Hall–Kier alpha value is -3.03. The largest absolute Gasteiger partial charge is 0.453 e. The molecule has 0 aromatic heterocycles. The molecule has 0 saturated heterocycles. The van der Waals surface area contributed by atoms with Crippen LogP contribution in [0.25, 0.3) is 0 Å². The Kier molecular flexibility index (Phi) is 4.62. The summed E-state index contributed by atoms with van der Waals surface area (Å²) in [7, 11) is 0. The molecule has 0 aliphatic heterocycles. The Labute approximate surface area is 123 Å². The van der Waals surface area contributed by atoms with E-state index in [0.29, 0.717) is 6.29 Å². The Morgan fingerprint density at radius 2 is 2.00 bits per heavy atom. The van der Waals surface area contributed by atoms with E-state index in [0.717, 1.165) is 12.1 Å². The molecular weight excluding hydrogens is 296 g/mol. The van der Waals surface area contributed by atoms with Gasteiger partial charge in [-0.2, -0.15) is 5.10 Å². The Bertz CT molecular complexity index is 694. The quantitative estimate of drug-likeness (QED) is 0.657. The number of nitrogens with zero attached hydrogens (tertiary/aromatic N) is 1. The first kappa shape index (κ1) is 15.4. The standard InChI is InChI=1S/C14H11F2N3O3/c15-9-2-4-10(5-3-9)22-13-8(7-20)1-6-11(12(13)16)18-19-14(17)21/h1-5,7H,6H2,(H3,17,19,21). The van der Waals surface area contributed by atoms with Crippen molar-refractivity contribution in [3.8, 4) is 5.75 Å². The van der Waals surface area contributed by atoms with Gasteiger partial charge < -0.3 is 10.5 Å². The number of hydrogen-bond acceptors (Lipinski definition) is 4. The van der Waals surface area contributed by atoms with E-state index in [1.165, 1.54) is 18.2 Å². The van der Waals surface area contributed by atoms with Crippen LogP contribution in [0.2, 0.25) is 0 Å². The number of carbonyl (C=O) groups is 2. The number of aldehydes is 1. The second-order valence-corrected chi connectivity index (χ2v) is 4.22. The number of hydrazone groups is 1. The van der Waals surface area contributed by atoms with Crippen molar-refractivity contribution in [3.05, 3.63) is 53.3 Å². The number of rotatable bonds is 4. The lowest BCUT2D eigenvalue weighted by Gasteiger charge is -2.16. The fraction of sp³-hybridized carbons (Fsp3) is 0.0714. The lowest BCUT2D eigenvalue weighted by Crippen LogP contribution is -2.26. The number of allylic oxidation sites excluding steroid dienone is 3. The van der Waals surface area contributed by atoms with Crippen molar-refractivity contribution in [2.45, 2.75) is 6.42 Å². The number of benzene rings is 1. The number of urea groups is 1. The Morgan fingerprint density at radius 3 is 2.59 bits per heavy atom. The van der Waals surface area contributed by atoms with Gasteiger partial charge in [0.25, 0.3) is 0 Å². The zero-order valence-corrected chi connectivity index (χ0v) is 11.2. The summed E-state index contributed by atoms with van der Waals surface area (Å²) < 4.78 is 32.4. The molecule has 2 rings (SSSR count). The van der Waals surface area contributed by atoms with Gasteiger partial charge in [-0.15, -0.1) is 0 Å². The third-order valence-electron chi connectivity index (χ3n) is 2.69. The van der Waals surface area contributed by atoms with Crippen LogP contribution in [0, 0.1) is 5.82 Å². The molecule has 6 nitrogen and oxygen atoms in total. The molecule has 1 aromatic rings. The molecule has 1 aromatic carbocycles. The van der Waals surface area contributed by atoms with Crippen LogP contribution < -0.4 is 15.9 Å². The lowest BCUT2D eigenvalue weighted by atomic mass is 10.0. The predicted molar refractivity (Wildman–Crippen MR) is 74.1 cm³/mol. The first-order valence-electron chi connectivity index (χ1n) is 6.12. The third-order valence-corrected chi connectivity index (χ3v) is 2.69. The van der Waals surface area contributed by atoms with Gasteiger partial charge in [0.2, 0.25) is 0 Å². The van der Waals surface area contributed by atoms with E-state index in [9.17, 15) is 18.4 Å². The molecule has 0 fully saturated rings. The summed E-state index contributed by atoms with van der Waals surface area (Å²) in [5, 5.41) is 3.50. The smallest absolute Gasteiger partial charge is 0.332 e. The number of carbonyl (C=O) groups excluding carboxylic acids is 2. The molecule has 0 saturated carbocycles. The number of amides is 2. The van der Waals surface area contributed by atoms with Crippen LogP contribution in [0.1, 0.15) is 6.42 Å². The molecule has 0 unspecified atom stereocenters.